The van der Waals surface area contributed by atoms with Crippen molar-refractivity contribution < 1.29 is 4.79 Å². The highest BCUT2D eigenvalue weighted by Gasteiger charge is 2.25. The fourth-order valence-corrected chi connectivity index (χ4v) is 4.00. The summed E-state index contributed by atoms with van der Waals surface area (Å²) in [6.07, 6.45) is 7.10. The van der Waals surface area contributed by atoms with Crippen molar-refractivity contribution in [3.8, 4) is 0 Å². The van der Waals surface area contributed by atoms with E-state index in [1.54, 1.807) is 11.3 Å². The number of nitrogen functional groups attached to an aromatic ring is 1. The van der Waals surface area contributed by atoms with Crippen LogP contribution in [-0.2, 0) is 12.8 Å². The summed E-state index contributed by atoms with van der Waals surface area (Å²) in [6.45, 7) is 5.54. The van der Waals surface area contributed by atoms with Crippen LogP contribution in [0.25, 0.3) is 0 Å². The third-order valence-corrected chi connectivity index (χ3v) is 5.08. The van der Waals surface area contributed by atoms with Crippen LogP contribution in [-0.4, -0.2) is 23.9 Å². The Kier molecular flexibility index (Phi) is 4.86. The highest BCUT2D eigenvalue weighted by molar-refractivity contribution is 7.16. The second kappa shape index (κ2) is 6.42. The van der Waals surface area contributed by atoms with Crippen LogP contribution in [0.2, 0.25) is 0 Å². The van der Waals surface area contributed by atoms with Crippen molar-refractivity contribution in [2.45, 2.75) is 52.4 Å². The molecule has 1 heterocycles. The second-order valence-corrected chi connectivity index (χ2v) is 6.27. The summed E-state index contributed by atoms with van der Waals surface area (Å²) in [5.41, 5.74) is 8.20. The van der Waals surface area contributed by atoms with Gasteiger partial charge in [-0.05, 0) is 45.1 Å². The van der Waals surface area contributed by atoms with Crippen LogP contribution in [0.3, 0.4) is 0 Å². The molecule has 0 saturated carbocycles. The standard InChI is InChI=1S/C15H24N2OS/c1-3-17(4-2)15(18)13-11-9-7-5-6-8-10-12(11)19-14(13)16/h3-10,16H2,1-2H3. The zero-order chi connectivity index (χ0) is 13.8. The Morgan fingerprint density at radius 3 is 2.42 bits per heavy atom. The van der Waals surface area contributed by atoms with Gasteiger partial charge < -0.3 is 10.6 Å². The maximum absolute atomic E-state index is 12.6. The second-order valence-electron chi connectivity index (χ2n) is 5.13. The molecule has 0 saturated heterocycles. The fraction of sp³-hybridized carbons (Fsp3) is 0.667. The van der Waals surface area contributed by atoms with E-state index in [4.69, 9.17) is 5.73 Å². The molecule has 1 aromatic rings. The molecule has 3 nitrogen and oxygen atoms in total. The predicted molar refractivity (Wildman–Crippen MR) is 81.9 cm³/mol. The highest BCUT2D eigenvalue weighted by Crippen LogP contribution is 2.35. The molecule has 0 aliphatic heterocycles. The highest BCUT2D eigenvalue weighted by atomic mass is 32.1. The van der Waals surface area contributed by atoms with Crippen LogP contribution in [0.5, 0.6) is 0 Å². The summed E-state index contributed by atoms with van der Waals surface area (Å²) in [4.78, 5) is 15.8. The number of fused-ring (bicyclic) bond motifs is 1. The molecule has 1 amide bonds. The molecule has 1 aromatic heterocycles. The summed E-state index contributed by atoms with van der Waals surface area (Å²) in [7, 11) is 0. The molecule has 0 spiro atoms. The molecule has 1 aliphatic rings. The summed E-state index contributed by atoms with van der Waals surface area (Å²) in [5.74, 6) is 0.126. The lowest BCUT2D eigenvalue weighted by Gasteiger charge is -2.20. The lowest BCUT2D eigenvalue weighted by Crippen LogP contribution is -2.31. The van der Waals surface area contributed by atoms with Crippen LogP contribution in [0, 0.1) is 0 Å². The number of nitrogens with two attached hydrogens (primary N) is 1. The molecular formula is C15H24N2OS. The average molecular weight is 280 g/mol. The lowest BCUT2D eigenvalue weighted by molar-refractivity contribution is 0.0773. The molecule has 0 radical (unpaired) electrons. The van der Waals surface area contributed by atoms with Crippen molar-refractivity contribution in [2.75, 3.05) is 18.8 Å². The van der Waals surface area contributed by atoms with Gasteiger partial charge in [-0.2, -0.15) is 0 Å². The molecule has 2 rings (SSSR count). The van der Waals surface area contributed by atoms with E-state index >= 15 is 0 Å². The molecule has 0 bridgehead atoms. The van der Waals surface area contributed by atoms with E-state index in [2.05, 4.69) is 0 Å². The zero-order valence-corrected chi connectivity index (χ0v) is 12.8. The molecule has 106 valence electrons. The van der Waals surface area contributed by atoms with E-state index in [-0.39, 0.29) is 5.91 Å². The predicted octanol–water partition coefficient (Wildman–Crippen LogP) is 3.47. The van der Waals surface area contributed by atoms with E-state index in [1.807, 2.05) is 18.7 Å². The molecular weight excluding hydrogens is 256 g/mol. The number of anilines is 1. The van der Waals surface area contributed by atoms with Gasteiger partial charge in [0.1, 0.15) is 0 Å². The first-order valence-electron chi connectivity index (χ1n) is 7.38. The van der Waals surface area contributed by atoms with E-state index in [0.29, 0.717) is 0 Å². The van der Waals surface area contributed by atoms with E-state index in [0.717, 1.165) is 36.5 Å². The molecule has 19 heavy (non-hydrogen) atoms. The van der Waals surface area contributed by atoms with Crippen LogP contribution in [0.4, 0.5) is 5.00 Å². The number of amides is 1. The van der Waals surface area contributed by atoms with Gasteiger partial charge in [-0.3, -0.25) is 4.79 Å². The summed E-state index contributed by atoms with van der Waals surface area (Å²) in [6, 6.07) is 0. The van der Waals surface area contributed by atoms with Gasteiger partial charge in [0, 0.05) is 18.0 Å². The van der Waals surface area contributed by atoms with Crippen molar-refractivity contribution in [3.63, 3.8) is 0 Å². The number of rotatable bonds is 3. The molecule has 0 atom stereocenters. The first-order chi connectivity index (χ1) is 9.19. The van der Waals surface area contributed by atoms with Gasteiger partial charge in [0.15, 0.2) is 0 Å². The number of hydrogen-bond donors (Lipinski definition) is 1. The van der Waals surface area contributed by atoms with Crippen molar-refractivity contribution in [1.82, 2.24) is 4.90 Å². The monoisotopic (exact) mass is 280 g/mol. The summed E-state index contributed by atoms with van der Waals surface area (Å²) < 4.78 is 0. The first-order valence-corrected chi connectivity index (χ1v) is 8.19. The quantitative estimate of drug-likeness (QED) is 0.921. The van der Waals surface area contributed by atoms with Gasteiger partial charge in [0.25, 0.3) is 5.91 Å². The molecule has 1 aliphatic carbocycles. The lowest BCUT2D eigenvalue weighted by atomic mass is 9.96. The number of nitrogens with zero attached hydrogens (tertiary/aromatic N) is 1. The fourth-order valence-electron chi connectivity index (χ4n) is 2.84. The van der Waals surface area contributed by atoms with Crippen LogP contribution in [0.15, 0.2) is 0 Å². The number of carbonyl (C=O) groups excluding carboxylic acids is 1. The van der Waals surface area contributed by atoms with Gasteiger partial charge in [-0.1, -0.05) is 12.8 Å². The van der Waals surface area contributed by atoms with Crippen molar-refractivity contribution in [1.29, 1.82) is 0 Å². The Labute approximate surface area is 119 Å². The van der Waals surface area contributed by atoms with Gasteiger partial charge in [-0.15, -0.1) is 11.3 Å². The number of hydrogen-bond acceptors (Lipinski definition) is 3. The Morgan fingerprint density at radius 2 is 1.79 bits per heavy atom. The van der Waals surface area contributed by atoms with E-state index < -0.39 is 0 Å². The Balaban J connectivity index is 2.36. The minimum atomic E-state index is 0.126. The Bertz CT molecular complexity index is 449. The molecule has 0 aromatic carbocycles. The largest absolute Gasteiger partial charge is 0.390 e. The van der Waals surface area contributed by atoms with Gasteiger partial charge in [0.2, 0.25) is 0 Å². The number of aryl methyl sites for hydroxylation is 1. The average Bonchev–Trinajstić information content (AvgIpc) is 2.66. The zero-order valence-electron chi connectivity index (χ0n) is 12.0. The molecule has 4 heteroatoms. The number of thiophene rings is 1. The minimum absolute atomic E-state index is 0.126. The van der Waals surface area contributed by atoms with Crippen LogP contribution >= 0.6 is 11.3 Å². The third-order valence-electron chi connectivity index (χ3n) is 3.96. The normalized spacial score (nSPS) is 15.5. The minimum Gasteiger partial charge on any atom is -0.390 e. The van der Waals surface area contributed by atoms with Crippen molar-refractivity contribution in [2.24, 2.45) is 0 Å². The third kappa shape index (κ3) is 2.94. The van der Waals surface area contributed by atoms with E-state index in [9.17, 15) is 4.79 Å². The maximum Gasteiger partial charge on any atom is 0.257 e. The SMILES string of the molecule is CCN(CC)C(=O)c1c(N)sc2c1CCCCCC2. The van der Waals surface area contributed by atoms with Gasteiger partial charge >= 0.3 is 0 Å². The van der Waals surface area contributed by atoms with Crippen LogP contribution < -0.4 is 5.73 Å². The molecule has 2 N–H and O–H groups in total. The van der Waals surface area contributed by atoms with Crippen molar-refractivity contribution >= 4 is 22.2 Å². The number of carbonyl (C=O) groups is 1. The Morgan fingerprint density at radius 1 is 1.16 bits per heavy atom. The van der Waals surface area contributed by atoms with Gasteiger partial charge in [-0.25, -0.2) is 0 Å². The first kappa shape index (κ1) is 14.4. The van der Waals surface area contributed by atoms with Crippen LogP contribution in [0.1, 0.15) is 60.3 Å². The van der Waals surface area contributed by atoms with Gasteiger partial charge in [0.05, 0.1) is 10.6 Å². The topological polar surface area (TPSA) is 46.3 Å². The summed E-state index contributed by atoms with van der Waals surface area (Å²) in [5, 5.41) is 0.726. The molecule has 0 fully saturated rings. The van der Waals surface area contributed by atoms with E-state index in [1.165, 1.54) is 36.1 Å². The van der Waals surface area contributed by atoms with Crippen molar-refractivity contribution in [3.05, 3.63) is 16.0 Å². The summed E-state index contributed by atoms with van der Waals surface area (Å²) >= 11 is 1.64. The molecule has 0 unspecified atom stereocenters. The smallest absolute Gasteiger partial charge is 0.257 e. The Hall–Kier alpha value is -1.03. The maximum atomic E-state index is 12.6.